The summed E-state index contributed by atoms with van der Waals surface area (Å²) in [4.78, 5) is 0. The fourth-order valence-corrected chi connectivity index (χ4v) is 3.74. The van der Waals surface area contributed by atoms with Gasteiger partial charge in [-0.15, -0.1) is 0 Å². The van der Waals surface area contributed by atoms with Crippen molar-refractivity contribution in [3.05, 3.63) is 0 Å². The molecule has 1 radical (unpaired) electrons. The first-order valence-electron chi connectivity index (χ1n) is 1.53. The van der Waals surface area contributed by atoms with E-state index in [1.54, 1.807) is 0 Å². The predicted molar refractivity (Wildman–Crippen MR) is 22.8 cm³/mol. The normalized spacial score (nSPS) is 12.4. The topological polar surface area (TPSA) is 124 Å². The smallest absolute Gasteiger partial charge is 0 e. The van der Waals surface area contributed by atoms with Crippen LogP contribution in [0.25, 0.3) is 0 Å². The molecule has 0 atom stereocenters. The Labute approximate surface area is 74.0 Å². The summed E-state index contributed by atoms with van der Waals surface area (Å²) >= 11 is -11.2. The molecule has 10 heteroatoms. The first-order valence-corrected chi connectivity index (χ1v) is 7.95. The maximum Gasteiger partial charge on any atom is 0 e. The molecule has 7 nitrogen and oxygen atoms in total. The predicted octanol–water partition coefficient (Wildman–Crippen LogP) is -3.30. The van der Waals surface area contributed by atoms with Gasteiger partial charge in [0.05, 0.1) is 0 Å². The van der Waals surface area contributed by atoms with Crippen LogP contribution in [0.2, 0.25) is 0 Å². The summed E-state index contributed by atoms with van der Waals surface area (Å²) in [7, 11) is 0. The Balaban J connectivity index is 0. The molecule has 0 spiro atoms. The van der Waals surface area contributed by atoms with Crippen LogP contribution in [0.1, 0.15) is 0 Å². The summed E-state index contributed by atoms with van der Waals surface area (Å²) in [6.07, 6.45) is 0. The van der Waals surface area contributed by atoms with Crippen LogP contribution in [0.3, 0.4) is 0 Å². The molecule has 0 saturated heterocycles. The third-order valence-corrected chi connectivity index (χ3v) is 5.74. The summed E-state index contributed by atoms with van der Waals surface area (Å²) in [5.74, 6) is 0. The second kappa shape index (κ2) is 4.21. The third kappa shape index (κ3) is 11.8. The van der Waals surface area contributed by atoms with Gasteiger partial charge in [0.25, 0.3) is 0 Å². The Morgan fingerprint density at radius 2 is 1.10 bits per heavy atom. The van der Waals surface area contributed by atoms with Gasteiger partial charge in [-0.05, 0) is 0 Å². The molecule has 0 aliphatic rings. The van der Waals surface area contributed by atoms with Gasteiger partial charge in [0.1, 0.15) is 0 Å². The monoisotopic (exact) mass is 317 g/mol. The molecule has 0 heterocycles. The van der Waals surface area contributed by atoms with Gasteiger partial charge in [-0.25, -0.2) is 0 Å². The van der Waals surface area contributed by atoms with Crippen molar-refractivity contribution < 1.29 is 45.1 Å². The van der Waals surface area contributed by atoms with Crippen LogP contribution in [0, 0.1) is 0 Å². The van der Waals surface area contributed by atoms with Crippen molar-refractivity contribution in [2.24, 2.45) is 0 Å². The zero-order valence-electron chi connectivity index (χ0n) is 4.36. The van der Waals surface area contributed by atoms with Crippen LogP contribution in [0.15, 0.2) is 0 Å². The van der Waals surface area contributed by atoms with Crippen LogP contribution < -0.4 is 0 Å². The maximum absolute atomic E-state index is 9.70. The standard InChI is InChI=1S/As2H4O7.V/c3-1(4,5)9-2(6,7)8;/h(H2,3,4,5)(H2,6,7,8);. The second-order valence-electron chi connectivity index (χ2n) is 1.06. The molecule has 0 aromatic heterocycles. The minimum absolute atomic E-state index is 0. The molecule has 0 saturated carbocycles. The van der Waals surface area contributed by atoms with Crippen molar-refractivity contribution in [2.45, 2.75) is 0 Å². The van der Waals surface area contributed by atoms with Crippen LogP contribution in [0.5, 0.6) is 0 Å². The molecule has 0 unspecified atom stereocenters. The Hall–Kier alpha value is 1.10. The molecule has 0 amide bonds. The molecule has 0 fully saturated rings. The molecule has 61 valence electrons. The third-order valence-electron chi connectivity index (χ3n) is 0.213. The summed E-state index contributed by atoms with van der Waals surface area (Å²) in [5, 5.41) is 0. The van der Waals surface area contributed by atoms with Crippen molar-refractivity contribution in [1.82, 2.24) is 0 Å². The molecule has 0 bridgehead atoms. The van der Waals surface area contributed by atoms with Crippen molar-refractivity contribution in [3.63, 3.8) is 0 Å². The zero-order chi connectivity index (χ0) is 7.71. The molecule has 10 heavy (non-hydrogen) atoms. The van der Waals surface area contributed by atoms with Gasteiger partial charge in [-0.2, -0.15) is 0 Å². The zero-order valence-corrected chi connectivity index (χ0v) is 9.51. The molecule has 4 N–H and O–H groups in total. The van der Waals surface area contributed by atoms with Gasteiger partial charge in [-0.1, -0.05) is 0 Å². The Morgan fingerprint density at radius 3 is 1.10 bits per heavy atom. The number of rotatable bonds is 2. The van der Waals surface area contributed by atoms with Gasteiger partial charge in [0.15, 0.2) is 0 Å². The van der Waals surface area contributed by atoms with E-state index in [1.165, 1.54) is 0 Å². The van der Waals surface area contributed by atoms with Crippen molar-refractivity contribution in [1.29, 1.82) is 0 Å². The van der Waals surface area contributed by atoms with E-state index in [0.29, 0.717) is 0 Å². The quantitative estimate of drug-likeness (QED) is 0.393. The summed E-state index contributed by atoms with van der Waals surface area (Å²) < 4.78 is 53.8. The average molecular weight is 317 g/mol. The maximum atomic E-state index is 9.70. The summed E-state index contributed by atoms with van der Waals surface area (Å²) in [6.45, 7) is 0. The van der Waals surface area contributed by atoms with Gasteiger partial charge in [-0.3, -0.25) is 0 Å². The fraction of sp³-hybridized carbons (Fsp3) is 0. The first-order chi connectivity index (χ1) is 3.71. The second-order valence-corrected chi connectivity index (χ2v) is 7.30. The molecule has 0 aromatic rings. The Bertz CT molecular complexity index is 152. The summed E-state index contributed by atoms with van der Waals surface area (Å²) in [6, 6.07) is 0. The molecule has 0 aromatic carbocycles. The SMILES string of the molecule is O=[As](O)(O)O[As](=O)(O)O.[V]. The summed E-state index contributed by atoms with van der Waals surface area (Å²) in [5.41, 5.74) is 0. The Kier molecular flexibility index (Phi) is 5.75. The minimum Gasteiger partial charge on any atom is 0 e. The fourth-order valence-electron chi connectivity index (χ4n) is 0.139. The van der Waals surface area contributed by atoms with Crippen molar-refractivity contribution in [2.75, 3.05) is 0 Å². The number of hydrogen-bond acceptors (Lipinski definition) is 3. The van der Waals surface area contributed by atoms with Gasteiger partial charge in [0.2, 0.25) is 0 Å². The van der Waals surface area contributed by atoms with E-state index in [-0.39, 0.29) is 18.6 Å². The molecular formula is H4As2O7V. The Morgan fingerprint density at radius 1 is 0.900 bits per heavy atom. The van der Waals surface area contributed by atoms with E-state index in [1.807, 2.05) is 0 Å². The van der Waals surface area contributed by atoms with E-state index in [2.05, 4.69) is 2.72 Å². The van der Waals surface area contributed by atoms with E-state index in [0.717, 1.165) is 0 Å². The van der Waals surface area contributed by atoms with Crippen LogP contribution in [0.4, 0.5) is 0 Å². The van der Waals surface area contributed by atoms with Crippen molar-refractivity contribution in [3.8, 4) is 0 Å². The molecule has 0 aliphatic heterocycles. The van der Waals surface area contributed by atoms with E-state index in [9.17, 15) is 7.48 Å². The first kappa shape index (κ1) is 13.7. The largest absolute Gasteiger partial charge is 0 e. The molecular weight excluding hydrogens is 313 g/mol. The minimum atomic E-state index is -5.58. The molecule has 0 rings (SSSR count). The van der Waals surface area contributed by atoms with E-state index in [4.69, 9.17) is 16.4 Å². The average Bonchev–Trinajstić information content (AvgIpc) is 1.14. The van der Waals surface area contributed by atoms with Crippen molar-refractivity contribution >= 4 is 29.0 Å². The van der Waals surface area contributed by atoms with Crippen LogP contribution in [-0.2, 0) is 28.7 Å². The van der Waals surface area contributed by atoms with E-state index >= 15 is 0 Å². The van der Waals surface area contributed by atoms with Gasteiger partial charge < -0.3 is 0 Å². The van der Waals surface area contributed by atoms with Gasteiger partial charge in [0, 0.05) is 18.6 Å². The van der Waals surface area contributed by atoms with Gasteiger partial charge >= 0.3 is 55.6 Å². The van der Waals surface area contributed by atoms with Crippen LogP contribution >= 0.6 is 0 Å². The van der Waals surface area contributed by atoms with Crippen LogP contribution in [-0.4, -0.2) is 45.4 Å². The molecule has 0 aliphatic carbocycles. The van der Waals surface area contributed by atoms with E-state index < -0.39 is 29.0 Å². The number of hydrogen-bond donors (Lipinski definition) is 4.